The van der Waals surface area contributed by atoms with Crippen molar-refractivity contribution in [3.8, 4) is 5.75 Å². The zero-order valence-corrected chi connectivity index (χ0v) is 13.3. The number of ether oxygens (including phenoxy) is 2. The highest BCUT2D eigenvalue weighted by molar-refractivity contribution is 9.10. The van der Waals surface area contributed by atoms with Crippen molar-refractivity contribution in [1.29, 1.82) is 0 Å². The Bertz CT molecular complexity index is 552. The molecule has 0 saturated heterocycles. The van der Waals surface area contributed by atoms with E-state index in [9.17, 15) is 14.4 Å². The zero-order valence-electron chi connectivity index (χ0n) is 10.9. The first-order valence-corrected chi connectivity index (χ1v) is 6.82. The van der Waals surface area contributed by atoms with E-state index in [1.165, 1.54) is 0 Å². The minimum atomic E-state index is -0.709. The molecule has 0 aliphatic rings. The number of esters is 1. The van der Waals surface area contributed by atoms with Gasteiger partial charge in [0.25, 0.3) is 5.91 Å². The maximum absolute atomic E-state index is 11.4. The predicted octanol–water partition coefficient (Wildman–Crippen LogP) is 1.19. The largest absolute Gasteiger partial charge is 0.482 e. The summed E-state index contributed by atoms with van der Waals surface area (Å²) in [5.74, 6) is -1.68. The quantitative estimate of drug-likeness (QED) is 0.455. The van der Waals surface area contributed by atoms with Crippen LogP contribution in [0.15, 0.2) is 22.7 Å². The van der Waals surface area contributed by atoms with Crippen LogP contribution in [0.2, 0.25) is 5.02 Å². The molecule has 0 saturated carbocycles. The fraction of sp³-hybridized carbons (Fsp3) is 0.250. The SMILES string of the molecule is COC(=O)CC(=O)NNC(=O)COc1ccc(Br)cc1Cl. The number of rotatable bonds is 5. The van der Waals surface area contributed by atoms with Crippen LogP contribution in [-0.2, 0) is 19.1 Å². The van der Waals surface area contributed by atoms with Crippen molar-refractivity contribution in [1.82, 2.24) is 10.9 Å². The minimum Gasteiger partial charge on any atom is -0.482 e. The summed E-state index contributed by atoms with van der Waals surface area (Å²) < 4.78 is 10.3. The molecule has 21 heavy (non-hydrogen) atoms. The van der Waals surface area contributed by atoms with Crippen LogP contribution in [0.3, 0.4) is 0 Å². The van der Waals surface area contributed by atoms with Gasteiger partial charge in [0, 0.05) is 4.47 Å². The van der Waals surface area contributed by atoms with Crippen LogP contribution in [0.25, 0.3) is 0 Å². The molecular weight excluding hydrogens is 367 g/mol. The lowest BCUT2D eigenvalue weighted by Crippen LogP contribution is -2.44. The molecule has 0 heterocycles. The van der Waals surface area contributed by atoms with E-state index >= 15 is 0 Å². The lowest BCUT2D eigenvalue weighted by atomic mass is 10.3. The third-order valence-electron chi connectivity index (χ3n) is 2.13. The lowest BCUT2D eigenvalue weighted by molar-refractivity contribution is -0.144. The van der Waals surface area contributed by atoms with Crippen LogP contribution < -0.4 is 15.6 Å². The number of hydrogen-bond donors (Lipinski definition) is 2. The van der Waals surface area contributed by atoms with Gasteiger partial charge in [0.2, 0.25) is 5.91 Å². The number of amides is 2. The molecule has 0 aliphatic carbocycles. The lowest BCUT2D eigenvalue weighted by Gasteiger charge is -2.09. The summed E-state index contributed by atoms with van der Waals surface area (Å²) in [4.78, 5) is 33.4. The summed E-state index contributed by atoms with van der Waals surface area (Å²) in [7, 11) is 1.16. The summed E-state index contributed by atoms with van der Waals surface area (Å²) >= 11 is 9.14. The second kappa shape index (κ2) is 8.48. The molecule has 114 valence electrons. The molecule has 9 heteroatoms. The molecule has 0 aromatic heterocycles. The molecule has 0 spiro atoms. The molecule has 0 bridgehead atoms. The van der Waals surface area contributed by atoms with Crippen LogP contribution in [0.5, 0.6) is 5.75 Å². The monoisotopic (exact) mass is 378 g/mol. The van der Waals surface area contributed by atoms with Gasteiger partial charge in [0.05, 0.1) is 12.1 Å². The molecule has 0 unspecified atom stereocenters. The van der Waals surface area contributed by atoms with E-state index in [-0.39, 0.29) is 6.61 Å². The number of methoxy groups -OCH3 is 1. The summed E-state index contributed by atoms with van der Waals surface area (Å²) in [6.07, 6.45) is -0.490. The number of hydrazine groups is 1. The van der Waals surface area contributed by atoms with Crippen LogP contribution in [0.4, 0.5) is 0 Å². The molecule has 1 aromatic rings. The topological polar surface area (TPSA) is 93.7 Å². The standard InChI is InChI=1S/C12H12BrClN2O5/c1-20-12(19)5-10(17)15-16-11(18)6-21-9-3-2-7(13)4-8(9)14/h2-4H,5-6H2,1H3,(H,15,17)(H,16,18). The van der Waals surface area contributed by atoms with Crippen LogP contribution in [0, 0.1) is 0 Å². The van der Waals surface area contributed by atoms with Crippen molar-refractivity contribution < 1.29 is 23.9 Å². The van der Waals surface area contributed by atoms with Crippen molar-refractivity contribution in [2.45, 2.75) is 6.42 Å². The van der Waals surface area contributed by atoms with Crippen molar-refractivity contribution in [3.05, 3.63) is 27.7 Å². The zero-order chi connectivity index (χ0) is 15.8. The van der Waals surface area contributed by atoms with Crippen LogP contribution in [0.1, 0.15) is 6.42 Å². The summed E-state index contributed by atoms with van der Waals surface area (Å²) in [5, 5.41) is 0.340. The Morgan fingerprint density at radius 1 is 1.24 bits per heavy atom. The molecule has 0 aliphatic heterocycles. The first-order chi connectivity index (χ1) is 9.92. The Balaban J connectivity index is 2.34. The fourth-order valence-electron chi connectivity index (χ4n) is 1.16. The highest BCUT2D eigenvalue weighted by atomic mass is 79.9. The third-order valence-corrected chi connectivity index (χ3v) is 2.92. The van der Waals surface area contributed by atoms with Crippen LogP contribution >= 0.6 is 27.5 Å². The first-order valence-electron chi connectivity index (χ1n) is 5.64. The van der Waals surface area contributed by atoms with Gasteiger partial charge in [0.15, 0.2) is 6.61 Å². The van der Waals surface area contributed by atoms with Crippen molar-refractivity contribution in [2.24, 2.45) is 0 Å². The van der Waals surface area contributed by atoms with E-state index in [4.69, 9.17) is 16.3 Å². The number of halogens is 2. The van der Waals surface area contributed by atoms with Gasteiger partial charge < -0.3 is 9.47 Å². The van der Waals surface area contributed by atoms with E-state index < -0.39 is 24.2 Å². The van der Waals surface area contributed by atoms with Crippen molar-refractivity contribution >= 4 is 45.3 Å². The maximum Gasteiger partial charge on any atom is 0.315 e. The highest BCUT2D eigenvalue weighted by Crippen LogP contribution is 2.27. The second-order valence-corrected chi connectivity index (χ2v) is 5.04. The smallest absolute Gasteiger partial charge is 0.315 e. The Morgan fingerprint density at radius 2 is 1.90 bits per heavy atom. The molecule has 0 atom stereocenters. The molecular formula is C12H12BrClN2O5. The van der Waals surface area contributed by atoms with Gasteiger partial charge in [0.1, 0.15) is 12.2 Å². The van der Waals surface area contributed by atoms with Gasteiger partial charge in [-0.25, -0.2) is 0 Å². The number of hydrogen-bond acceptors (Lipinski definition) is 5. The average molecular weight is 380 g/mol. The Morgan fingerprint density at radius 3 is 2.52 bits per heavy atom. The predicted molar refractivity (Wildman–Crippen MR) is 77.6 cm³/mol. The minimum absolute atomic E-state index is 0.330. The molecule has 2 amide bonds. The van der Waals surface area contributed by atoms with E-state index in [0.717, 1.165) is 11.6 Å². The third kappa shape index (κ3) is 6.46. The summed E-state index contributed by atoms with van der Waals surface area (Å²) in [6.45, 7) is -0.347. The molecule has 0 fully saturated rings. The van der Waals surface area contributed by atoms with E-state index in [0.29, 0.717) is 10.8 Å². The highest BCUT2D eigenvalue weighted by Gasteiger charge is 2.11. The van der Waals surface area contributed by atoms with E-state index in [1.54, 1.807) is 18.2 Å². The number of carbonyl (C=O) groups excluding carboxylic acids is 3. The fourth-order valence-corrected chi connectivity index (χ4v) is 1.89. The van der Waals surface area contributed by atoms with Gasteiger partial charge in [-0.1, -0.05) is 27.5 Å². The van der Waals surface area contributed by atoms with Crippen molar-refractivity contribution in [3.63, 3.8) is 0 Å². The summed E-state index contributed by atoms with van der Waals surface area (Å²) in [5.41, 5.74) is 4.14. The molecule has 1 rings (SSSR count). The van der Waals surface area contributed by atoms with Gasteiger partial charge in [-0.15, -0.1) is 0 Å². The van der Waals surface area contributed by atoms with Crippen LogP contribution in [-0.4, -0.2) is 31.5 Å². The van der Waals surface area contributed by atoms with Gasteiger partial charge >= 0.3 is 5.97 Å². The molecule has 1 aromatic carbocycles. The maximum atomic E-state index is 11.4. The van der Waals surface area contributed by atoms with Gasteiger partial charge in [-0.3, -0.25) is 25.2 Å². The normalized spacial score (nSPS) is 9.67. The Hall–Kier alpha value is -1.80. The second-order valence-electron chi connectivity index (χ2n) is 3.71. The number of carbonyl (C=O) groups is 3. The molecule has 0 radical (unpaired) electrons. The van der Waals surface area contributed by atoms with Gasteiger partial charge in [-0.2, -0.15) is 0 Å². The Kier molecular flexibility index (Phi) is 6.97. The average Bonchev–Trinajstić information content (AvgIpc) is 2.44. The number of nitrogens with one attached hydrogen (secondary N) is 2. The van der Waals surface area contributed by atoms with E-state index in [1.807, 2.05) is 5.43 Å². The number of benzene rings is 1. The Labute approximate surface area is 134 Å². The molecule has 2 N–H and O–H groups in total. The summed E-state index contributed by atoms with van der Waals surface area (Å²) in [6, 6.07) is 4.92. The first kappa shape index (κ1) is 17.3. The van der Waals surface area contributed by atoms with Crippen molar-refractivity contribution in [2.75, 3.05) is 13.7 Å². The van der Waals surface area contributed by atoms with E-state index in [2.05, 4.69) is 26.1 Å². The van der Waals surface area contributed by atoms with Gasteiger partial charge in [-0.05, 0) is 18.2 Å². The molecule has 7 nitrogen and oxygen atoms in total.